The van der Waals surface area contributed by atoms with E-state index in [9.17, 15) is 8.78 Å². The first-order chi connectivity index (χ1) is 7.63. The van der Waals surface area contributed by atoms with Crippen molar-refractivity contribution < 1.29 is 13.5 Å². The van der Waals surface area contributed by atoms with Gasteiger partial charge in [-0.25, -0.2) is 8.78 Å². The van der Waals surface area contributed by atoms with Crippen molar-refractivity contribution in [1.29, 1.82) is 0 Å². The molecule has 0 aromatic heterocycles. The number of para-hydroxylation sites is 1. The zero-order valence-electron chi connectivity index (χ0n) is 9.34. The highest BCUT2D eigenvalue weighted by Gasteiger charge is 2.49. The molecule has 0 aliphatic carbocycles. The number of alkyl halides is 2. The molecule has 1 aromatic rings. The molecule has 16 heavy (non-hydrogen) atoms. The Morgan fingerprint density at radius 3 is 2.75 bits per heavy atom. The van der Waals surface area contributed by atoms with Gasteiger partial charge in [0.1, 0.15) is 11.3 Å². The third-order valence-corrected chi connectivity index (χ3v) is 3.36. The Labute approximate surface area is 93.6 Å². The maximum Gasteiger partial charge on any atom is 0.261 e. The second-order valence-corrected chi connectivity index (χ2v) is 4.13. The molecule has 0 radical (unpaired) electrons. The summed E-state index contributed by atoms with van der Waals surface area (Å²) < 4.78 is 32.2. The normalized spacial score (nSPS) is 28.7. The Bertz CT molecular complexity index is 383. The van der Waals surface area contributed by atoms with Gasteiger partial charge in [0.2, 0.25) is 0 Å². The minimum Gasteiger partial charge on any atom is -0.493 e. The van der Waals surface area contributed by atoms with E-state index in [1.807, 2.05) is 0 Å². The molecule has 1 aromatic carbocycles. The smallest absolute Gasteiger partial charge is 0.261 e. The van der Waals surface area contributed by atoms with Crippen LogP contribution in [-0.2, 0) is 5.54 Å². The average Bonchev–Trinajstić information content (AvgIpc) is 2.29. The summed E-state index contributed by atoms with van der Waals surface area (Å²) >= 11 is 0. The van der Waals surface area contributed by atoms with E-state index in [0.717, 1.165) is 0 Å². The van der Waals surface area contributed by atoms with Crippen LogP contribution >= 0.6 is 0 Å². The summed E-state index contributed by atoms with van der Waals surface area (Å²) in [6, 6.07) is 6.98. The lowest BCUT2D eigenvalue weighted by atomic mass is 9.77. The van der Waals surface area contributed by atoms with Crippen LogP contribution in [0.5, 0.6) is 5.75 Å². The van der Waals surface area contributed by atoms with E-state index in [1.54, 1.807) is 38.2 Å². The fraction of sp³-hybridized carbons (Fsp3) is 0.500. The molecule has 1 heterocycles. The zero-order chi connectivity index (χ0) is 11.8. The number of rotatable bonds is 2. The Morgan fingerprint density at radius 2 is 2.12 bits per heavy atom. The molecular weight excluding hydrogens is 212 g/mol. The molecule has 1 aliphatic heterocycles. The van der Waals surface area contributed by atoms with E-state index in [0.29, 0.717) is 17.9 Å². The van der Waals surface area contributed by atoms with Crippen LogP contribution in [0, 0.1) is 5.92 Å². The Morgan fingerprint density at radius 1 is 1.44 bits per heavy atom. The number of benzene rings is 1. The molecule has 0 fully saturated rings. The van der Waals surface area contributed by atoms with Crippen LogP contribution in [-0.4, -0.2) is 20.1 Å². The summed E-state index contributed by atoms with van der Waals surface area (Å²) in [6.45, 7) is 2.08. The minimum atomic E-state index is -2.46. The van der Waals surface area contributed by atoms with Gasteiger partial charge in [0.25, 0.3) is 6.43 Å². The summed E-state index contributed by atoms with van der Waals surface area (Å²) in [5, 5.41) is 2.79. The predicted molar refractivity (Wildman–Crippen MR) is 57.8 cm³/mol. The van der Waals surface area contributed by atoms with Gasteiger partial charge >= 0.3 is 0 Å². The van der Waals surface area contributed by atoms with Crippen molar-refractivity contribution in [2.24, 2.45) is 5.92 Å². The SMILES string of the molecule is CNC1(C(F)F)c2ccccc2OCC1C. The summed E-state index contributed by atoms with van der Waals surface area (Å²) in [6.07, 6.45) is -2.46. The van der Waals surface area contributed by atoms with Crippen molar-refractivity contribution in [3.8, 4) is 5.75 Å². The fourth-order valence-electron chi connectivity index (χ4n) is 2.37. The molecule has 2 rings (SSSR count). The summed E-state index contributed by atoms with van der Waals surface area (Å²) in [4.78, 5) is 0. The van der Waals surface area contributed by atoms with Crippen molar-refractivity contribution in [2.45, 2.75) is 18.9 Å². The third kappa shape index (κ3) is 1.40. The average molecular weight is 227 g/mol. The predicted octanol–water partition coefficient (Wildman–Crippen LogP) is 2.39. The molecule has 0 saturated carbocycles. The molecule has 0 amide bonds. The third-order valence-electron chi connectivity index (χ3n) is 3.36. The van der Waals surface area contributed by atoms with Crippen LogP contribution in [0.1, 0.15) is 12.5 Å². The highest BCUT2D eigenvalue weighted by atomic mass is 19.3. The first kappa shape index (κ1) is 11.3. The van der Waals surface area contributed by atoms with Gasteiger partial charge < -0.3 is 10.1 Å². The first-order valence-corrected chi connectivity index (χ1v) is 5.32. The first-order valence-electron chi connectivity index (χ1n) is 5.32. The maximum absolute atomic E-state index is 13.4. The molecule has 1 aliphatic rings. The number of hydrogen-bond acceptors (Lipinski definition) is 2. The number of ether oxygens (including phenoxy) is 1. The lowest BCUT2D eigenvalue weighted by molar-refractivity contribution is -0.0283. The highest BCUT2D eigenvalue weighted by Crippen LogP contribution is 2.43. The minimum absolute atomic E-state index is 0.271. The monoisotopic (exact) mass is 227 g/mol. The molecule has 2 unspecified atom stereocenters. The van der Waals surface area contributed by atoms with E-state index < -0.39 is 12.0 Å². The van der Waals surface area contributed by atoms with Gasteiger partial charge in [-0.2, -0.15) is 0 Å². The molecule has 2 atom stereocenters. The number of fused-ring (bicyclic) bond motifs is 1. The van der Waals surface area contributed by atoms with Crippen molar-refractivity contribution in [3.63, 3.8) is 0 Å². The molecule has 1 N–H and O–H groups in total. The summed E-state index contributed by atoms with van der Waals surface area (Å²) in [5.74, 6) is 0.280. The maximum atomic E-state index is 13.4. The lowest BCUT2D eigenvalue weighted by Crippen LogP contribution is -2.55. The molecule has 2 nitrogen and oxygen atoms in total. The Hall–Kier alpha value is -1.16. The molecule has 0 bridgehead atoms. The van der Waals surface area contributed by atoms with Gasteiger partial charge in [0.15, 0.2) is 0 Å². The van der Waals surface area contributed by atoms with Crippen LogP contribution in [0.15, 0.2) is 24.3 Å². The van der Waals surface area contributed by atoms with Crippen molar-refractivity contribution in [3.05, 3.63) is 29.8 Å². The second-order valence-electron chi connectivity index (χ2n) is 4.13. The Kier molecular flexibility index (Phi) is 2.84. The highest BCUT2D eigenvalue weighted by molar-refractivity contribution is 5.42. The fourth-order valence-corrected chi connectivity index (χ4v) is 2.37. The number of halogens is 2. The van der Waals surface area contributed by atoms with Crippen molar-refractivity contribution in [2.75, 3.05) is 13.7 Å². The Balaban J connectivity index is 2.58. The number of nitrogens with one attached hydrogen (secondary N) is 1. The lowest BCUT2D eigenvalue weighted by Gasteiger charge is -2.42. The van der Waals surface area contributed by atoms with Gasteiger partial charge in [0, 0.05) is 11.5 Å². The van der Waals surface area contributed by atoms with E-state index in [-0.39, 0.29) is 5.92 Å². The second kappa shape index (κ2) is 4.01. The van der Waals surface area contributed by atoms with Gasteiger partial charge in [-0.1, -0.05) is 25.1 Å². The van der Waals surface area contributed by atoms with Crippen LogP contribution < -0.4 is 10.1 Å². The van der Waals surface area contributed by atoms with Gasteiger partial charge in [-0.15, -0.1) is 0 Å². The van der Waals surface area contributed by atoms with Crippen LogP contribution in [0.25, 0.3) is 0 Å². The molecule has 88 valence electrons. The van der Waals surface area contributed by atoms with Crippen LogP contribution in [0.3, 0.4) is 0 Å². The molecule has 0 saturated heterocycles. The van der Waals surface area contributed by atoms with Gasteiger partial charge in [0.05, 0.1) is 6.61 Å². The van der Waals surface area contributed by atoms with Gasteiger partial charge in [-0.05, 0) is 13.1 Å². The van der Waals surface area contributed by atoms with Crippen LogP contribution in [0.2, 0.25) is 0 Å². The molecule has 4 heteroatoms. The van der Waals surface area contributed by atoms with E-state index in [1.165, 1.54) is 0 Å². The number of hydrogen-bond donors (Lipinski definition) is 1. The van der Waals surface area contributed by atoms with E-state index in [4.69, 9.17) is 4.74 Å². The largest absolute Gasteiger partial charge is 0.493 e. The molecular formula is C12H15F2NO. The standard InChI is InChI=1S/C12H15F2NO/c1-8-7-16-10-6-4-3-5-9(10)12(8,15-2)11(13)14/h3-6,8,11,15H,7H2,1-2H3. The van der Waals surface area contributed by atoms with Crippen LogP contribution in [0.4, 0.5) is 8.78 Å². The quantitative estimate of drug-likeness (QED) is 0.837. The topological polar surface area (TPSA) is 21.3 Å². The van der Waals surface area contributed by atoms with Crippen molar-refractivity contribution >= 4 is 0 Å². The van der Waals surface area contributed by atoms with Gasteiger partial charge in [-0.3, -0.25) is 0 Å². The summed E-state index contributed by atoms with van der Waals surface area (Å²) in [7, 11) is 1.57. The van der Waals surface area contributed by atoms with Crippen molar-refractivity contribution in [1.82, 2.24) is 5.32 Å². The zero-order valence-corrected chi connectivity index (χ0v) is 9.34. The van der Waals surface area contributed by atoms with E-state index in [2.05, 4.69) is 5.32 Å². The molecule has 0 spiro atoms. The summed E-state index contributed by atoms with van der Waals surface area (Å²) in [5.41, 5.74) is -0.749. The van der Waals surface area contributed by atoms with E-state index >= 15 is 0 Å².